The maximum atomic E-state index is 8.80. The van der Waals surface area contributed by atoms with E-state index >= 15 is 0 Å². The highest BCUT2D eigenvalue weighted by atomic mass is 32.2. The summed E-state index contributed by atoms with van der Waals surface area (Å²) in [5, 5.41) is 13.1. The van der Waals surface area contributed by atoms with Crippen LogP contribution < -0.4 is 5.32 Å². The van der Waals surface area contributed by atoms with Gasteiger partial charge in [0.05, 0.1) is 11.6 Å². The van der Waals surface area contributed by atoms with Crippen molar-refractivity contribution >= 4 is 11.8 Å². The molecule has 1 aliphatic rings. The first-order chi connectivity index (χ1) is 7.78. The highest BCUT2D eigenvalue weighted by Crippen LogP contribution is 2.26. The van der Waals surface area contributed by atoms with E-state index in [2.05, 4.69) is 24.4 Å². The third kappa shape index (κ3) is 3.01. The second-order valence-corrected chi connectivity index (χ2v) is 5.74. The summed E-state index contributed by atoms with van der Waals surface area (Å²) in [6.45, 7) is 3.15. The Morgan fingerprint density at radius 1 is 1.56 bits per heavy atom. The second-order valence-electron chi connectivity index (χ2n) is 4.27. The van der Waals surface area contributed by atoms with Gasteiger partial charge in [0.2, 0.25) is 0 Å². The van der Waals surface area contributed by atoms with Crippen molar-refractivity contribution in [1.29, 1.82) is 5.26 Å². The molecule has 3 heteroatoms. The van der Waals surface area contributed by atoms with Crippen LogP contribution in [0.3, 0.4) is 0 Å². The summed E-state index contributed by atoms with van der Waals surface area (Å²) in [6, 6.07) is 10.6. The molecule has 0 aromatic heterocycles. The van der Waals surface area contributed by atoms with E-state index in [1.54, 1.807) is 0 Å². The fourth-order valence-corrected chi connectivity index (χ4v) is 3.16. The Morgan fingerprint density at radius 3 is 3.12 bits per heavy atom. The number of nitrogens with zero attached hydrogens (tertiary/aromatic N) is 1. The van der Waals surface area contributed by atoms with Crippen molar-refractivity contribution in [2.45, 2.75) is 31.2 Å². The molecule has 0 radical (unpaired) electrons. The maximum Gasteiger partial charge on any atom is 0.0991 e. The van der Waals surface area contributed by atoms with Crippen molar-refractivity contribution < 1.29 is 0 Å². The quantitative estimate of drug-likeness (QED) is 0.870. The Labute approximate surface area is 101 Å². The standard InChI is InChI=1S/C13H16N2S/c1-10-5-13(9-16-10)15-8-12-4-2-3-11(6-12)7-14/h2-4,6,10,13,15H,5,8-9H2,1H3. The molecule has 1 heterocycles. The molecule has 1 aromatic rings. The molecule has 0 amide bonds. The molecule has 0 bridgehead atoms. The van der Waals surface area contributed by atoms with Gasteiger partial charge in [-0.1, -0.05) is 19.1 Å². The van der Waals surface area contributed by atoms with Crippen LogP contribution in [0.2, 0.25) is 0 Å². The molecule has 2 rings (SSSR count). The Kier molecular flexibility index (Phi) is 3.87. The SMILES string of the molecule is CC1CC(NCc2cccc(C#N)c2)CS1. The molecule has 0 spiro atoms. The van der Waals surface area contributed by atoms with Crippen LogP contribution >= 0.6 is 11.8 Å². The topological polar surface area (TPSA) is 35.8 Å². The van der Waals surface area contributed by atoms with Crippen molar-refractivity contribution in [3.8, 4) is 6.07 Å². The number of hydrogen-bond donors (Lipinski definition) is 1. The molecule has 1 N–H and O–H groups in total. The van der Waals surface area contributed by atoms with Gasteiger partial charge in [-0.15, -0.1) is 0 Å². The van der Waals surface area contributed by atoms with Gasteiger partial charge in [-0.2, -0.15) is 17.0 Å². The predicted octanol–water partition coefficient (Wildman–Crippen LogP) is 2.54. The van der Waals surface area contributed by atoms with E-state index in [0.29, 0.717) is 6.04 Å². The van der Waals surface area contributed by atoms with E-state index < -0.39 is 0 Å². The molecular weight excluding hydrogens is 216 g/mol. The molecule has 2 atom stereocenters. The summed E-state index contributed by atoms with van der Waals surface area (Å²) in [4.78, 5) is 0. The molecule has 16 heavy (non-hydrogen) atoms. The first-order valence-electron chi connectivity index (χ1n) is 5.62. The minimum Gasteiger partial charge on any atom is -0.309 e. The third-order valence-electron chi connectivity index (χ3n) is 2.85. The summed E-state index contributed by atoms with van der Waals surface area (Å²) in [5.74, 6) is 1.21. The number of rotatable bonds is 3. The lowest BCUT2D eigenvalue weighted by molar-refractivity contribution is 0.538. The molecule has 1 aromatic carbocycles. The lowest BCUT2D eigenvalue weighted by Gasteiger charge is -2.11. The highest BCUT2D eigenvalue weighted by Gasteiger charge is 2.20. The van der Waals surface area contributed by atoms with Gasteiger partial charge in [0.25, 0.3) is 0 Å². The largest absolute Gasteiger partial charge is 0.309 e. The number of hydrogen-bond acceptors (Lipinski definition) is 3. The van der Waals surface area contributed by atoms with E-state index in [1.807, 2.05) is 30.0 Å². The van der Waals surface area contributed by atoms with Crippen molar-refractivity contribution in [2.75, 3.05) is 5.75 Å². The molecule has 0 aliphatic carbocycles. The van der Waals surface area contributed by atoms with Crippen LogP contribution in [0.15, 0.2) is 24.3 Å². The van der Waals surface area contributed by atoms with Gasteiger partial charge >= 0.3 is 0 Å². The molecule has 1 saturated heterocycles. The normalized spacial score (nSPS) is 24.2. The fraction of sp³-hybridized carbons (Fsp3) is 0.462. The number of thioether (sulfide) groups is 1. The number of benzene rings is 1. The Hall–Kier alpha value is -0.980. The minimum atomic E-state index is 0.630. The van der Waals surface area contributed by atoms with Crippen LogP contribution in [0, 0.1) is 11.3 Å². The van der Waals surface area contributed by atoms with Crippen LogP contribution in [0.5, 0.6) is 0 Å². The summed E-state index contributed by atoms with van der Waals surface area (Å²) in [6.07, 6.45) is 1.25. The maximum absolute atomic E-state index is 8.80. The summed E-state index contributed by atoms with van der Waals surface area (Å²) < 4.78 is 0. The zero-order valence-electron chi connectivity index (χ0n) is 9.44. The zero-order valence-corrected chi connectivity index (χ0v) is 10.3. The molecule has 84 valence electrons. The van der Waals surface area contributed by atoms with Crippen LogP contribution in [0.25, 0.3) is 0 Å². The first-order valence-corrected chi connectivity index (χ1v) is 6.67. The zero-order chi connectivity index (χ0) is 11.4. The summed E-state index contributed by atoms with van der Waals surface area (Å²) in [5.41, 5.74) is 1.94. The Bertz CT molecular complexity index is 397. The van der Waals surface area contributed by atoms with E-state index in [1.165, 1.54) is 17.7 Å². The van der Waals surface area contributed by atoms with Gasteiger partial charge in [-0.05, 0) is 24.1 Å². The van der Waals surface area contributed by atoms with Crippen LogP contribution in [-0.4, -0.2) is 17.0 Å². The summed E-state index contributed by atoms with van der Waals surface area (Å²) >= 11 is 2.03. The second kappa shape index (κ2) is 5.38. The molecule has 1 fully saturated rings. The Balaban J connectivity index is 1.87. The van der Waals surface area contributed by atoms with Gasteiger partial charge in [0, 0.05) is 23.6 Å². The number of nitrogens with one attached hydrogen (secondary N) is 1. The fourth-order valence-electron chi connectivity index (χ4n) is 1.97. The Morgan fingerprint density at radius 2 is 2.44 bits per heavy atom. The van der Waals surface area contributed by atoms with Gasteiger partial charge in [0.15, 0.2) is 0 Å². The van der Waals surface area contributed by atoms with E-state index in [4.69, 9.17) is 5.26 Å². The average molecular weight is 232 g/mol. The van der Waals surface area contributed by atoms with Crippen molar-refractivity contribution in [3.05, 3.63) is 35.4 Å². The van der Waals surface area contributed by atoms with Crippen molar-refractivity contribution in [2.24, 2.45) is 0 Å². The predicted molar refractivity (Wildman–Crippen MR) is 68.3 cm³/mol. The van der Waals surface area contributed by atoms with Gasteiger partial charge in [-0.25, -0.2) is 0 Å². The molecule has 2 unspecified atom stereocenters. The van der Waals surface area contributed by atoms with Gasteiger partial charge in [-0.3, -0.25) is 0 Å². The van der Waals surface area contributed by atoms with E-state index in [9.17, 15) is 0 Å². The van der Waals surface area contributed by atoms with Crippen LogP contribution in [0.1, 0.15) is 24.5 Å². The van der Waals surface area contributed by atoms with Gasteiger partial charge < -0.3 is 5.32 Å². The lowest BCUT2D eigenvalue weighted by atomic mass is 10.1. The number of nitriles is 1. The molecule has 2 nitrogen and oxygen atoms in total. The minimum absolute atomic E-state index is 0.630. The lowest BCUT2D eigenvalue weighted by Crippen LogP contribution is -2.28. The van der Waals surface area contributed by atoms with Gasteiger partial charge in [0.1, 0.15) is 0 Å². The first kappa shape index (κ1) is 11.5. The van der Waals surface area contributed by atoms with Crippen molar-refractivity contribution in [1.82, 2.24) is 5.32 Å². The van der Waals surface area contributed by atoms with Crippen molar-refractivity contribution in [3.63, 3.8) is 0 Å². The molecule has 0 saturated carbocycles. The molecular formula is C13H16N2S. The highest BCUT2D eigenvalue weighted by molar-refractivity contribution is 8.00. The average Bonchev–Trinajstić information content (AvgIpc) is 2.73. The summed E-state index contributed by atoms with van der Waals surface area (Å²) in [7, 11) is 0. The van der Waals surface area contributed by atoms with Crippen LogP contribution in [0.4, 0.5) is 0 Å². The van der Waals surface area contributed by atoms with E-state index in [-0.39, 0.29) is 0 Å². The molecule has 1 aliphatic heterocycles. The van der Waals surface area contributed by atoms with Crippen LogP contribution in [-0.2, 0) is 6.54 Å². The van der Waals surface area contributed by atoms with E-state index in [0.717, 1.165) is 17.4 Å². The smallest absolute Gasteiger partial charge is 0.0991 e. The monoisotopic (exact) mass is 232 g/mol. The third-order valence-corrected chi connectivity index (χ3v) is 4.21.